The van der Waals surface area contributed by atoms with Crippen molar-refractivity contribution in [1.29, 1.82) is 0 Å². The highest BCUT2D eigenvalue weighted by Crippen LogP contribution is 2.12. The van der Waals surface area contributed by atoms with Crippen LogP contribution in [0.25, 0.3) is 0 Å². The van der Waals surface area contributed by atoms with E-state index < -0.39 is 4.92 Å². The number of pyridine rings is 1. The third kappa shape index (κ3) is 3.17. The van der Waals surface area contributed by atoms with Crippen molar-refractivity contribution in [3.8, 4) is 0 Å². The summed E-state index contributed by atoms with van der Waals surface area (Å²) in [4.78, 5) is 13.5. The van der Waals surface area contributed by atoms with Crippen molar-refractivity contribution in [3.05, 3.63) is 28.4 Å². The second-order valence-corrected chi connectivity index (χ2v) is 3.15. The van der Waals surface area contributed by atoms with Gasteiger partial charge in [0.2, 0.25) is 0 Å². The highest BCUT2D eigenvalue weighted by molar-refractivity contribution is 5.44. The second kappa shape index (κ2) is 5.26. The van der Waals surface area contributed by atoms with E-state index in [1.54, 1.807) is 6.07 Å². The van der Waals surface area contributed by atoms with E-state index in [4.69, 9.17) is 5.73 Å². The Labute approximate surface area is 87.7 Å². The van der Waals surface area contributed by atoms with E-state index in [1.807, 2.05) is 6.92 Å². The zero-order chi connectivity index (χ0) is 11.3. The van der Waals surface area contributed by atoms with E-state index in [-0.39, 0.29) is 11.9 Å². The van der Waals surface area contributed by atoms with E-state index >= 15 is 0 Å². The topological polar surface area (TPSA) is 94.1 Å². The van der Waals surface area contributed by atoms with Crippen molar-refractivity contribution < 1.29 is 4.92 Å². The standard InChI is InChI=1S/C9H14N4O2/c1-2-7(5-10)12-8-3-4-9(11-6-8)13(14)15/h3-4,6-7,12H,2,5,10H2,1H3. The third-order valence-corrected chi connectivity index (χ3v) is 2.08. The molecule has 82 valence electrons. The van der Waals surface area contributed by atoms with Gasteiger partial charge in [0.15, 0.2) is 6.20 Å². The maximum absolute atomic E-state index is 10.3. The SMILES string of the molecule is CCC(CN)Nc1ccc([N+](=O)[O-])nc1. The molecule has 0 saturated carbocycles. The molecule has 0 radical (unpaired) electrons. The quantitative estimate of drug-likeness (QED) is 0.561. The lowest BCUT2D eigenvalue weighted by Crippen LogP contribution is -2.27. The molecule has 0 saturated heterocycles. The lowest BCUT2D eigenvalue weighted by molar-refractivity contribution is -0.389. The molecule has 0 aliphatic heterocycles. The zero-order valence-electron chi connectivity index (χ0n) is 8.51. The molecule has 1 aromatic heterocycles. The minimum Gasteiger partial charge on any atom is -0.378 e. The number of nitrogens with two attached hydrogens (primary N) is 1. The van der Waals surface area contributed by atoms with Gasteiger partial charge < -0.3 is 21.2 Å². The molecule has 1 aromatic rings. The van der Waals surface area contributed by atoms with E-state index in [9.17, 15) is 10.1 Å². The van der Waals surface area contributed by atoms with Gasteiger partial charge in [0.1, 0.15) is 0 Å². The molecule has 0 amide bonds. The van der Waals surface area contributed by atoms with Crippen molar-refractivity contribution in [2.24, 2.45) is 5.73 Å². The van der Waals surface area contributed by atoms with Gasteiger partial charge >= 0.3 is 5.82 Å². The Morgan fingerprint density at radius 1 is 1.67 bits per heavy atom. The molecular weight excluding hydrogens is 196 g/mol. The molecule has 0 fully saturated rings. The Morgan fingerprint density at radius 3 is 2.80 bits per heavy atom. The van der Waals surface area contributed by atoms with Crippen LogP contribution in [0.5, 0.6) is 0 Å². The van der Waals surface area contributed by atoms with Crippen LogP contribution in [0.2, 0.25) is 0 Å². The van der Waals surface area contributed by atoms with E-state index in [0.29, 0.717) is 6.54 Å². The molecule has 0 aliphatic carbocycles. The summed E-state index contributed by atoms with van der Waals surface area (Å²) < 4.78 is 0. The van der Waals surface area contributed by atoms with Gasteiger partial charge in [-0.3, -0.25) is 0 Å². The molecule has 0 spiro atoms. The molecule has 6 heteroatoms. The number of nitro groups is 1. The van der Waals surface area contributed by atoms with Crippen molar-refractivity contribution in [3.63, 3.8) is 0 Å². The van der Waals surface area contributed by atoms with Crippen molar-refractivity contribution in [1.82, 2.24) is 4.98 Å². The molecule has 1 rings (SSSR count). The summed E-state index contributed by atoms with van der Waals surface area (Å²) >= 11 is 0. The van der Waals surface area contributed by atoms with Gasteiger partial charge in [-0.15, -0.1) is 0 Å². The van der Waals surface area contributed by atoms with E-state index in [0.717, 1.165) is 12.1 Å². The Morgan fingerprint density at radius 2 is 2.40 bits per heavy atom. The average molecular weight is 210 g/mol. The first-order valence-corrected chi connectivity index (χ1v) is 4.74. The van der Waals surface area contributed by atoms with Crippen molar-refractivity contribution >= 4 is 11.5 Å². The van der Waals surface area contributed by atoms with Gasteiger partial charge in [-0.05, 0) is 22.4 Å². The normalized spacial score (nSPS) is 12.1. The minimum atomic E-state index is -0.524. The first-order chi connectivity index (χ1) is 7.17. The van der Waals surface area contributed by atoms with Gasteiger partial charge in [0.25, 0.3) is 0 Å². The number of nitrogens with one attached hydrogen (secondary N) is 1. The molecule has 0 aliphatic rings. The Bertz CT molecular complexity index is 321. The van der Waals surface area contributed by atoms with Crippen molar-refractivity contribution in [2.75, 3.05) is 11.9 Å². The number of anilines is 1. The number of hydrogen-bond donors (Lipinski definition) is 2. The lowest BCUT2D eigenvalue weighted by atomic mass is 10.2. The number of rotatable bonds is 5. The lowest BCUT2D eigenvalue weighted by Gasteiger charge is -2.14. The molecule has 0 bridgehead atoms. The predicted octanol–water partition coefficient (Wildman–Crippen LogP) is 1.14. The highest BCUT2D eigenvalue weighted by atomic mass is 16.6. The fourth-order valence-electron chi connectivity index (χ4n) is 1.14. The minimum absolute atomic E-state index is 0.152. The first kappa shape index (κ1) is 11.4. The number of aromatic nitrogens is 1. The van der Waals surface area contributed by atoms with Gasteiger partial charge in [-0.1, -0.05) is 6.92 Å². The van der Waals surface area contributed by atoms with Gasteiger partial charge in [-0.25, -0.2) is 0 Å². The third-order valence-electron chi connectivity index (χ3n) is 2.08. The Hall–Kier alpha value is -1.69. The van der Waals surface area contributed by atoms with Crippen LogP contribution in [0.4, 0.5) is 11.5 Å². The number of hydrogen-bond acceptors (Lipinski definition) is 5. The highest BCUT2D eigenvalue weighted by Gasteiger charge is 2.08. The van der Waals surface area contributed by atoms with Crippen LogP contribution in [-0.2, 0) is 0 Å². The molecule has 6 nitrogen and oxygen atoms in total. The van der Waals surface area contributed by atoms with Crippen LogP contribution in [0.15, 0.2) is 18.3 Å². The van der Waals surface area contributed by atoms with Crippen LogP contribution in [-0.4, -0.2) is 22.5 Å². The smallest absolute Gasteiger partial charge is 0.363 e. The van der Waals surface area contributed by atoms with Crippen LogP contribution < -0.4 is 11.1 Å². The monoisotopic (exact) mass is 210 g/mol. The van der Waals surface area contributed by atoms with Crippen molar-refractivity contribution in [2.45, 2.75) is 19.4 Å². The summed E-state index contributed by atoms with van der Waals surface area (Å²) in [7, 11) is 0. The Kier molecular flexibility index (Phi) is 3.99. The summed E-state index contributed by atoms with van der Waals surface area (Å²) in [6, 6.07) is 3.17. The average Bonchev–Trinajstić information content (AvgIpc) is 2.26. The second-order valence-electron chi connectivity index (χ2n) is 3.15. The van der Waals surface area contributed by atoms with Gasteiger partial charge in [0.05, 0.1) is 5.69 Å². The van der Waals surface area contributed by atoms with Crippen LogP contribution >= 0.6 is 0 Å². The zero-order valence-corrected chi connectivity index (χ0v) is 8.51. The molecule has 1 unspecified atom stereocenters. The van der Waals surface area contributed by atoms with E-state index in [2.05, 4.69) is 10.3 Å². The summed E-state index contributed by atoms with van der Waals surface area (Å²) in [5.41, 5.74) is 6.27. The summed E-state index contributed by atoms with van der Waals surface area (Å²) in [5.74, 6) is -0.152. The summed E-state index contributed by atoms with van der Waals surface area (Å²) in [5, 5.41) is 13.5. The first-order valence-electron chi connectivity index (χ1n) is 4.74. The maximum atomic E-state index is 10.3. The summed E-state index contributed by atoms with van der Waals surface area (Å²) in [6.07, 6.45) is 2.34. The van der Waals surface area contributed by atoms with Gasteiger partial charge in [-0.2, -0.15) is 0 Å². The molecule has 1 atom stereocenters. The van der Waals surface area contributed by atoms with Gasteiger partial charge in [0, 0.05) is 18.7 Å². The largest absolute Gasteiger partial charge is 0.378 e. The van der Waals surface area contributed by atoms with Crippen LogP contribution in [0.3, 0.4) is 0 Å². The maximum Gasteiger partial charge on any atom is 0.363 e. The molecule has 1 heterocycles. The van der Waals surface area contributed by atoms with Crippen LogP contribution in [0.1, 0.15) is 13.3 Å². The predicted molar refractivity (Wildman–Crippen MR) is 57.6 cm³/mol. The molecule has 15 heavy (non-hydrogen) atoms. The molecular formula is C9H14N4O2. The molecule has 0 aromatic carbocycles. The number of nitrogens with zero attached hydrogens (tertiary/aromatic N) is 2. The summed E-state index contributed by atoms with van der Waals surface area (Å²) in [6.45, 7) is 2.54. The van der Waals surface area contributed by atoms with E-state index in [1.165, 1.54) is 12.3 Å². The fourth-order valence-corrected chi connectivity index (χ4v) is 1.14. The molecule has 3 N–H and O–H groups in total. The Balaban J connectivity index is 2.67. The fraction of sp³-hybridized carbons (Fsp3) is 0.444. The van der Waals surface area contributed by atoms with Crippen LogP contribution in [0, 0.1) is 10.1 Å².